The van der Waals surface area contributed by atoms with Gasteiger partial charge in [-0.15, -0.1) is 47.2 Å². The van der Waals surface area contributed by atoms with Crippen LogP contribution in [0.1, 0.15) is 8.35 Å². The fraction of sp³-hybridized carbons (Fsp3) is 0.143. The van der Waals surface area contributed by atoms with E-state index in [2.05, 4.69) is 60.6 Å². The minimum atomic E-state index is -0.639. The van der Waals surface area contributed by atoms with Crippen LogP contribution in [0.15, 0.2) is 42.5 Å². The van der Waals surface area contributed by atoms with Gasteiger partial charge in [-0.05, 0) is 6.92 Å². The molecule has 2 aromatic carbocycles. The molecule has 0 bridgehead atoms. The van der Waals surface area contributed by atoms with Crippen LogP contribution in [0.3, 0.4) is 0 Å². The van der Waals surface area contributed by atoms with Crippen molar-refractivity contribution < 1.29 is 70.1 Å². The summed E-state index contributed by atoms with van der Waals surface area (Å²) in [7, 11) is 0. The summed E-state index contributed by atoms with van der Waals surface area (Å²) in [6.45, 7) is 2.50. The average Bonchev–Trinajstić information content (AvgIpc) is 2.39. The zero-order chi connectivity index (χ0) is 15.4. The number of fused-ring (bicyclic) bond motifs is 1. The average molecular weight is 356 g/mol. The maximum atomic E-state index is 9.80. The van der Waals surface area contributed by atoms with Crippen molar-refractivity contribution in [3.63, 3.8) is 0 Å². The predicted octanol–water partition coefficient (Wildman–Crippen LogP) is -2.60. The van der Waals surface area contributed by atoms with Crippen LogP contribution in [0.4, 0.5) is 9.59 Å². The van der Waals surface area contributed by atoms with Crippen LogP contribution in [0, 0.1) is 6.07 Å². The second-order valence-electron chi connectivity index (χ2n) is 3.43. The largest absolute Gasteiger partial charge is 1.00 e. The van der Waals surface area contributed by atoms with Crippen LogP contribution in [-0.2, 0) is 0 Å². The second-order valence-corrected chi connectivity index (χ2v) is 4.28. The normalized spacial score (nSPS) is 7.77. The maximum Gasteiger partial charge on any atom is 1.00 e. The smallest absolute Gasteiger partial charge is 1.00 e. The Hall–Kier alpha value is 0.340. The van der Waals surface area contributed by atoms with E-state index >= 15 is 0 Å². The summed E-state index contributed by atoms with van der Waals surface area (Å²) in [6.07, 6.45) is 0. The minimum Gasteiger partial charge on any atom is -1.00 e. The van der Waals surface area contributed by atoms with Crippen molar-refractivity contribution in [1.82, 2.24) is 5.32 Å². The first kappa shape index (κ1) is 27.2. The number of nitrogens with two attached hydrogens (primary N) is 1. The van der Waals surface area contributed by atoms with Crippen molar-refractivity contribution in [2.75, 3.05) is 6.54 Å². The van der Waals surface area contributed by atoms with Crippen molar-refractivity contribution in [1.29, 1.82) is 0 Å². The van der Waals surface area contributed by atoms with Gasteiger partial charge < -0.3 is 12.5 Å². The number of rotatable bonds is 1. The molecule has 2 rings (SSSR count). The van der Waals surface area contributed by atoms with Crippen LogP contribution in [0.2, 0.25) is 0 Å². The van der Waals surface area contributed by atoms with Gasteiger partial charge in [0.25, 0.3) is 10.5 Å². The molecule has 2 aromatic rings. The molecule has 0 aromatic heterocycles. The first-order valence-electron chi connectivity index (χ1n) is 5.78. The first-order chi connectivity index (χ1) is 9.47. The van der Waals surface area contributed by atoms with Crippen LogP contribution in [0.5, 0.6) is 0 Å². The van der Waals surface area contributed by atoms with E-state index in [0.29, 0.717) is 6.54 Å². The Morgan fingerprint density at radius 1 is 1.18 bits per heavy atom. The molecule has 0 aliphatic carbocycles. The number of benzene rings is 2. The molecule has 0 aliphatic heterocycles. The van der Waals surface area contributed by atoms with Gasteiger partial charge in [-0.2, -0.15) is 0 Å². The number of hydrogen-bond acceptors (Lipinski definition) is 2. The molecule has 2 amide bonds. The van der Waals surface area contributed by atoms with Crippen LogP contribution < -0.4 is 70.2 Å². The Morgan fingerprint density at radius 3 is 2.09 bits per heavy atom. The quantitative estimate of drug-likeness (QED) is 0.257. The Balaban J connectivity index is -0.000000123. The topological polar surface area (TPSA) is 72.2 Å². The SMILES string of the molecule is CCNC(=O)S.NC(=O)S.[H-].[Na+].[Na+].[c-]1cccc2ccccc12. The predicted molar refractivity (Wildman–Crippen MR) is 90.5 cm³/mol. The molecule has 0 saturated carbocycles. The Morgan fingerprint density at radius 2 is 1.68 bits per heavy atom. The van der Waals surface area contributed by atoms with Gasteiger partial charge in [0.05, 0.1) is 0 Å². The number of thiol groups is 2. The molecule has 0 spiro atoms. The van der Waals surface area contributed by atoms with E-state index < -0.39 is 5.24 Å². The third-order valence-electron chi connectivity index (χ3n) is 1.90. The van der Waals surface area contributed by atoms with Crippen LogP contribution >= 0.6 is 25.3 Å². The summed E-state index contributed by atoms with van der Waals surface area (Å²) in [5.41, 5.74) is 4.34. The standard InChI is InChI=1S/C10H7.C3H7NOS.CH3NOS.2Na.H/c1-2-6-10-8-4-3-7-9(10)5-1;1-2-4-3(5)6;2-1(3)4;;;/h1-7H;2H2,1H3,(H2,4,5,6);(H3,2,3,4);;;/q-1;;;2*+1;-1. The van der Waals surface area contributed by atoms with Crippen LogP contribution in [0.25, 0.3) is 10.8 Å². The van der Waals surface area contributed by atoms with Gasteiger partial charge in [-0.3, -0.25) is 9.59 Å². The number of carbonyl (C=O) groups excluding carboxylic acids is 2. The molecule has 4 nitrogen and oxygen atoms in total. The fourth-order valence-corrected chi connectivity index (χ4v) is 1.37. The molecule has 110 valence electrons. The van der Waals surface area contributed by atoms with E-state index in [1.807, 2.05) is 31.2 Å². The van der Waals surface area contributed by atoms with Crippen molar-refractivity contribution >= 4 is 46.5 Å². The van der Waals surface area contributed by atoms with Gasteiger partial charge in [0, 0.05) is 6.54 Å². The molecule has 0 radical (unpaired) electrons. The number of amides is 2. The van der Waals surface area contributed by atoms with Gasteiger partial charge in [0.1, 0.15) is 0 Å². The molecule has 22 heavy (non-hydrogen) atoms. The van der Waals surface area contributed by atoms with E-state index in [9.17, 15) is 4.79 Å². The molecular weight excluding hydrogens is 338 g/mol. The Bertz CT molecular complexity index is 494. The molecule has 0 heterocycles. The van der Waals surface area contributed by atoms with Crippen molar-refractivity contribution in [3.8, 4) is 0 Å². The maximum absolute atomic E-state index is 9.80. The summed E-state index contributed by atoms with van der Waals surface area (Å²) >= 11 is 6.53. The summed E-state index contributed by atoms with van der Waals surface area (Å²) in [5.74, 6) is 0. The Labute approximate surface area is 187 Å². The van der Waals surface area contributed by atoms with Crippen molar-refractivity contribution in [3.05, 3.63) is 48.5 Å². The van der Waals surface area contributed by atoms with E-state index in [1.165, 1.54) is 10.8 Å². The molecule has 0 fully saturated rings. The molecule has 0 unspecified atom stereocenters. The van der Waals surface area contributed by atoms with Gasteiger partial charge >= 0.3 is 59.1 Å². The summed E-state index contributed by atoms with van der Waals surface area (Å²) in [6, 6.07) is 17.4. The van der Waals surface area contributed by atoms with E-state index in [-0.39, 0.29) is 65.8 Å². The summed E-state index contributed by atoms with van der Waals surface area (Å²) in [4.78, 5) is 18.9. The first-order valence-corrected chi connectivity index (χ1v) is 6.67. The zero-order valence-electron chi connectivity index (χ0n) is 14.0. The van der Waals surface area contributed by atoms with E-state index in [0.717, 1.165) is 0 Å². The molecular formula is C14H18N2Na2O2S2. The third-order valence-corrected chi connectivity index (χ3v) is 2.06. The molecule has 0 atom stereocenters. The zero-order valence-corrected chi connectivity index (χ0v) is 18.8. The van der Waals surface area contributed by atoms with E-state index in [4.69, 9.17) is 4.79 Å². The number of hydrogen-bond donors (Lipinski definition) is 4. The van der Waals surface area contributed by atoms with Gasteiger partial charge in [0.15, 0.2) is 0 Å². The molecule has 3 N–H and O–H groups in total. The monoisotopic (exact) mass is 356 g/mol. The molecule has 0 saturated heterocycles. The second kappa shape index (κ2) is 17.7. The fourth-order valence-electron chi connectivity index (χ4n) is 1.21. The Kier molecular flexibility index (Phi) is 21.9. The van der Waals surface area contributed by atoms with E-state index in [1.54, 1.807) is 0 Å². The molecule has 0 aliphatic rings. The number of carbonyl (C=O) groups is 2. The van der Waals surface area contributed by atoms with Crippen molar-refractivity contribution in [2.24, 2.45) is 5.73 Å². The third kappa shape index (κ3) is 16.7. The van der Waals surface area contributed by atoms with Gasteiger partial charge in [-0.25, -0.2) is 0 Å². The van der Waals surface area contributed by atoms with Crippen molar-refractivity contribution in [2.45, 2.75) is 6.92 Å². The summed E-state index contributed by atoms with van der Waals surface area (Å²) < 4.78 is 0. The van der Waals surface area contributed by atoms with Gasteiger partial charge in [0.2, 0.25) is 0 Å². The van der Waals surface area contributed by atoms with Gasteiger partial charge in [-0.1, -0.05) is 37.4 Å². The van der Waals surface area contributed by atoms with Crippen LogP contribution in [-0.4, -0.2) is 17.0 Å². The number of nitrogens with one attached hydrogen (secondary N) is 1. The summed E-state index contributed by atoms with van der Waals surface area (Å²) in [5, 5.41) is 3.97. The number of primary amides is 1. The molecule has 8 heteroatoms. The minimum absolute atomic E-state index is 0.